The molecule has 2 unspecified atom stereocenters. The van der Waals surface area contributed by atoms with E-state index in [-0.39, 0.29) is 11.8 Å². The van der Waals surface area contributed by atoms with E-state index in [1.54, 1.807) is 0 Å². The van der Waals surface area contributed by atoms with Crippen LogP contribution in [0.25, 0.3) is 0 Å². The average molecular weight is 406 g/mol. The summed E-state index contributed by atoms with van der Waals surface area (Å²) in [5.74, 6) is 0.460. The highest BCUT2D eigenvalue weighted by Crippen LogP contribution is 2.38. The van der Waals surface area contributed by atoms with Gasteiger partial charge in [-0.25, -0.2) is 0 Å². The molecule has 29 heavy (non-hydrogen) atoms. The molecule has 0 aliphatic carbocycles. The molecule has 0 bridgehead atoms. The van der Waals surface area contributed by atoms with Crippen LogP contribution in [0.2, 0.25) is 0 Å². The number of hydrogen-bond donors (Lipinski definition) is 3. The third kappa shape index (κ3) is 5.23. The van der Waals surface area contributed by atoms with Gasteiger partial charge in [-0.05, 0) is 41.7 Å². The molecule has 0 heterocycles. The zero-order valence-electron chi connectivity index (χ0n) is 17.7. The number of benzene rings is 3. The summed E-state index contributed by atoms with van der Waals surface area (Å²) in [6, 6.07) is 25.6. The minimum atomic E-state index is -0.804. The number of aliphatic hydroxyl groups is 1. The molecule has 0 radical (unpaired) electrons. The SMILES string of the molecule is CC(c1ccccc1)c1cc(CC(C)(C)O)c(NS)c(C(C)c2ccccc2)c1. The number of anilines is 1. The van der Waals surface area contributed by atoms with Gasteiger partial charge < -0.3 is 9.83 Å². The highest BCUT2D eigenvalue weighted by atomic mass is 32.1. The van der Waals surface area contributed by atoms with E-state index in [0.29, 0.717) is 6.42 Å². The van der Waals surface area contributed by atoms with E-state index >= 15 is 0 Å². The molecule has 3 aromatic carbocycles. The molecule has 2 nitrogen and oxygen atoms in total. The topological polar surface area (TPSA) is 32.3 Å². The first-order chi connectivity index (χ1) is 13.8. The van der Waals surface area contributed by atoms with Gasteiger partial charge in [-0.2, -0.15) is 0 Å². The van der Waals surface area contributed by atoms with Crippen LogP contribution < -0.4 is 4.72 Å². The quantitative estimate of drug-likeness (QED) is 0.389. The van der Waals surface area contributed by atoms with Gasteiger partial charge in [-0.1, -0.05) is 99.5 Å². The van der Waals surface area contributed by atoms with Gasteiger partial charge in [0.25, 0.3) is 0 Å². The highest BCUT2D eigenvalue weighted by molar-refractivity contribution is 7.81. The monoisotopic (exact) mass is 405 g/mol. The van der Waals surface area contributed by atoms with Crippen molar-refractivity contribution in [3.8, 4) is 0 Å². The van der Waals surface area contributed by atoms with Crippen molar-refractivity contribution in [2.24, 2.45) is 0 Å². The van der Waals surface area contributed by atoms with Crippen molar-refractivity contribution >= 4 is 18.5 Å². The van der Waals surface area contributed by atoms with Crippen molar-refractivity contribution in [2.45, 2.75) is 51.6 Å². The summed E-state index contributed by atoms with van der Waals surface area (Å²) in [4.78, 5) is 0. The predicted molar refractivity (Wildman–Crippen MR) is 127 cm³/mol. The Morgan fingerprint density at radius 2 is 1.34 bits per heavy atom. The van der Waals surface area contributed by atoms with Gasteiger partial charge in [0.05, 0.1) is 11.3 Å². The maximum absolute atomic E-state index is 10.5. The van der Waals surface area contributed by atoms with Crippen LogP contribution in [-0.4, -0.2) is 10.7 Å². The second-order valence-corrected chi connectivity index (χ2v) is 8.73. The summed E-state index contributed by atoms with van der Waals surface area (Å²) in [5, 5.41) is 10.5. The fourth-order valence-corrected chi connectivity index (χ4v) is 4.21. The maximum Gasteiger partial charge on any atom is 0.0632 e. The van der Waals surface area contributed by atoms with E-state index < -0.39 is 5.60 Å². The van der Waals surface area contributed by atoms with Gasteiger partial charge in [0.2, 0.25) is 0 Å². The van der Waals surface area contributed by atoms with Crippen LogP contribution in [0.5, 0.6) is 0 Å². The third-order valence-electron chi connectivity index (χ3n) is 5.57. The Bertz CT molecular complexity index is 932. The lowest BCUT2D eigenvalue weighted by molar-refractivity contribution is 0.0811. The first-order valence-corrected chi connectivity index (χ1v) is 10.6. The summed E-state index contributed by atoms with van der Waals surface area (Å²) in [6.45, 7) is 8.17. The molecular weight excluding hydrogens is 374 g/mol. The molecule has 3 aromatic rings. The number of thiol groups is 1. The van der Waals surface area contributed by atoms with Crippen molar-refractivity contribution in [2.75, 3.05) is 4.72 Å². The molecule has 0 amide bonds. The van der Waals surface area contributed by atoms with Crippen LogP contribution in [0.4, 0.5) is 5.69 Å². The number of hydrogen-bond acceptors (Lipinski definition) is 3. The average Bonchev–Trinajstić information content (AvgIpc) is 2.72. The smallest absolute Gasteiger partial charge is 0.0632 e. The molecule has 152 valence electrons. The first-order valence-electron chi connectivity index (χ1n) is 10.2. The van der Waals surface area contributed by atoms with E-state index in [1.165, 1.54) is 22.3 Å². The highest BCUT2D eigenvalue weighted by Gasteiger charge is 2.23. The Morgan fingerprint density at radius 3 is 1.83 bits per heavy atom. The van der Waals surface area contributed by atoms with Gasteiger partial charge in [0, 0.05) is 18.3 Å². The fourth-order valence-electron chi connectivity index (χ4n) is 3.94. The lowest BCUT2D eigenvalue weighted by atomic mass is 9.83. The number of nitrogens with one attached hydrogen (secondary N) is 1. The molecule has 0 saturated heterocycles. The summed E-state index contributed by atoms with van der Waals surface area (Å²) >= 11 is 4.43. The van der Waals surface area contributed by atoms with Crippen LogP contribution in [0, 0.1) is 0 Å². The lowest BCUT2D eigenvalue weighted by Gasteiger charge is -2.26. The fraction of sp³-hybridized carbons (Fsp3) is 0.308. The minimum Gasteiger partial charge on any atom is -0.390 e. The summed E-state index contributed by atoms with van der Waals surface area (Å²) in [6.07, 6.45) is 0.555. The first kappa shape index (κ1) is 21.5. The Kier molecular flexibility index (Phi) is 6.71. The molecule has 0 aromatic heterocycles. The van der Waals surface area contributed by atoms with Crippen molar-refractivity contribution in [1.82, 2.24) is 0 Å². The van der Waals surface area contributed by atoms with Crippen LogP contribution in [0.1, 0.15) is 67.3 Å². The Hall–Kier alpha value is -2.23. The standard InChI is InChI=1S/C26H31NOS/c1-18(20-11-7-5-8-12-20)22-15-23(17-26(3,4)28)25(27-29)24(16-22)19(2)21-13-9-6-10-14-21/h5-16,18-19,27-29H,17H2,1-4H3. The van der Waals surface area contributed by atoms with Gasteiger partial charge in [0.15, 0.2) is 0 Å². The van der Waals surface area contributed by atoms with E-state index in [0.717, 1.165) is 11.3 Å². The Labute approximate surface area is 180 Å². The van der Waals surface area contributed by atoms with Gasteiger partial charge in [-0.3, -0.25) is 0 Å². The molecule has 2 N–H and O–H groups in total. The second-order valence-electron chi connectivity index (χ2n) is 8.51. The van der Waals surface area contributed by atoms with E-state index in [9.17, 15) is 5.11 Å². The molecule has 3 heteroatoms. The molecule has 0 aliphatic heterocycles. The Balaban J connectivity index is 2.15. The van der Waals surface area contributed by atoms with Crippen LogP contribution in [0.3, 0.4) is 0 Å². The maximum atomic E-state index is 10.5. The van der Waals surface area contributed by atoms with Crippen LogP contribution >= 0.6 is 12.8 Å². The normalized spacial score (nSPS) is 13.7. The van der Waals surface area contributed by atoms with Crippen LogP contribution in [0.15, 0.2) is 72.8 Å². The van der Waals surface area contributed by atoms with Gasteiger partial charge in [-0.15, -0.1) is 0 Å². The van der Waals surface area contributed by atoms with Gasteiger partial charge in [0.1, 0.15) is 0 Å². The minimum absolute atomic E-state index is 0.203. The van der Waals surface area contributed by atoms with Crippen molar-refractivity contribution in [3.05, 3.63) is 101 Å². The van der Waals surface area contributed by atoms with Crippen molar-refractivity contribution in [3.63, 3.8) is 0 Å². The lowest BCUT2D eigenvalue weighted by Crippen LogP contribution is -2.23. The molecule has 0 fully saturated rings. The Morgan fingerprint density at radius 1 is 0.828 bits per heavy atom. The number of rotatable bonds is 7. The van der Waals surface area contributed by atoms with Crippen molar-refractivity contribution in [1.29, 1.82) is 0 Å². The van der Waals surface area contributed by atoms with E-state index in [2.05, 4.69) is 92.0 Å². The molecular formula is C26H31NOS. The molecule has 3 rings (SSSR count). The van der Waals surface area contributed by atoms with Crippen LogP contribution in [-0.2, 0) is 6.42 Å². The summed E-state index contributed by atoms with van der Waals surface area (Å²) in [5.41, 5.74) is 6.27. The largest absolute Gasteiger partial charge is 0.390 e. The zero-order chi connectivity index (χ0) is 21.0. The van der Waals surface area contributed by atoms with E-state index in [1.807, 2.05) is 26.0 Å². The predicted octanol–water partition coefficient (Wildman–Crippen LogP) is 6.56. The van der Waals surface area contributed by atoms with Gasteiger partial charge >= 0.3 is 0 Å². The molecule has 2 atom stereocenters. The summed E-state index contributed by atoms with van der Waals surface area (Å²) < 4.78 is 3.13. The molecule has 0 spiro atoms. The third-order valence-corrected chi connectivity index (χ3v) is 5.80. The summed E-state index contributed by atoms with van der Waals surface area (Å²) in [7, 11) is 0. The molecule has 0 saturated carbocycles. The van der Waals surface area contributed by atoms with E-state index in [4.69, 9.17) is 0 Å². The molecule has 0 aliphatic rings. The zero-order valence-corrected chi connectivity index (χ0v) is 18.6. The van der Waals surface area contributed by atoms with Crippen molar-refractivity contribution < 1.29 is 5.11 Å². The second kappa shape index (κ2) is 9.06.